The Bertz CT molecular complexity index is 878. The minimum atomic E-state index is -4.35. The Kier molecular flexibility index (Phi) is 6.41. The lowest BCUT2D eigenvalue weighted by atomic mass is 10.0. The number of rotatable bonds is 4. The molecule has 5 nitrogen and oxygen atoms in total. The molecule has 0 saturated heterocycles. The largest absolute Gasteiger partial charge is 0.416 e. The maximum Gasteiger partial charge on any atom is 0.416 e. The average Bonchev–Trinajstić information content (AvgIpc) is 2.73. The number of para-hydroxylation sites is 1. The summed E-state index contributed by atoms with van der Waals surface area (Å²) in [4.78, 5) is 18.5. The van der Waals surface area contributed by atoms with Gasteiger partial charge in [0, 0.05) is 25.8 Å². The Balaban J connectivity index is 1.53. The summed E-state index contributed by atoms with van der Waals surface area (Å²) in [5.74, 6) is 0.346. The summed E-state index contributed by atoms with van der Waals surface area (Å²) in [6.07, 6.45) is -2.47. The summed E-state index contributed by atoms with van der Waals surface area (Å²) in [6, 6.07) is 12.8. The highest BCUT2D eigenvalue weighted by Gasteiger charge is 2.29. The zero-order chi connectivity index (χ0) is 20.9. The molecule has 0 aromatic heterocycles. The van der Waals surface area contributed by atoms with Gasteiger partial charge in [-0.15, -0.1) is 0 Å². The van der Waals surface area contributed by atoms with Crippen molar-refractivity contribution in [3.05, 3.63) is 65.2 Å². The van der Waals surface area contributed by atoms with Crippen LogP contribution in [0.4, 0.5) is 18.9 Å². The summed E-state index contributed by atoms with van der Waals surface area (Å²) >= 11 is 0. The lowest BCUT2D eigenvalue weighted by Crippen LogP contribution is -2.45. The Morgan fingerprint density at radius 3 is 2.52 bits per heavy atom. The molecule has 0 unspecified atom stereocenters. The lowest BCUT2D eigenvalue weighted by molar-refractivity contribution is -0.137. The number of nitrogens with one attached hydrogen (secondary N) is 2. The van der Waals surface area contributed by atoms with E-state index in [1.807, 2.05) is 24.3 Å². The van der Waals surface area contributed by atoms with Crippen LogP contribution in [0.1, 0.15) is 23.1 Å². The van der Waals surface area contributed by atoms with Crippen LogP contribution < -0.4 is 15.5 Å². The van der Waals surface area contributed by atoms with Crippen molar-refractivity contribution in [2.75, 3.05) is 25.0 Å². The second-order valence-corrected chi connectivity index (χ2v) is 6.75. The number of hydrogen-bond donors (Lipinski definition) is 2. The predicted molar refractivity (Wildman–Crippen MR) is 107 cm³/mol. The van der Waals surface area contributed by atoms with Crippen molar-refractivity contribution in [1.29, 1.82) is 0 Å². The van der Waals surface area contributed by atoms with Gasteiger partial charge in [0.25, 0.3) is 0 Å². The fraction of sp³-hybridized carbons (Fsp3) is 0.333. The van der Waals surface area contributed by atoms with Crippen molar-refractivity contribution in [2.45, 2.75) is 25.6 Å². The maximum absolute atomic E-state index is 12.7. The number of aliphatic imine (C=N–C) groups is 1. The number of amides is 1. The van der Waals surface area contributed by atoms with Gasteiger partial charge in [0.05, 0.1) is 12.1 Å². The van der Waals surface area contributed by atoms with Gasteiger partial charge in [-0.05, 0) is 42.2 Å². The molecule has 0 spiro atoms. The molecule has 1 heterocycles. The van der Waals surface area contributed by atoms with E-state index in [-0.39, 0.29) is 12.5 Å². The number of anilines is 1. The van der Waals surface area contributed by atoms with Gasteiger partial charge >= 0.3 is 6.18 Å². The molecular formula is C21H23F3N4O. The van der Waals surface area contributed by atoms with E-state index in [4.69, 9.17) is 0 Å². The van der Waals surface area contributed by atoms with Gasteiger partial charge < -0.3 is 15.5 Å². The second-order valence-electron chi connectivity index (χ2n) is 6.75. The molecule has 0 saturated carbocycles. The van der Waals surface area contributed by atoms with Crippen LogP contribution in [0, 0.1) is 0 Å². The zero-order valence-electron chi connectivity index (χ0n) is 16.1. The first-order valence-corrected chi connectivity index (χ1v) is 9.37. The molecule has 0 fully saturated rings. The van der Waals surface area contributed by atoms with Crippen molar-refractivity contribution in [2.24, 2.45) is 4.99 Å². The molecule has 3 rings (SSSR count). The fourth-order valence-corrected chi connectivity index (χ4v) is 3.27. The number of carbonyl (C=O) groups excluding carboxylic acids is 1. The van der Waals surface area contributed by atoms with E-state index < -0.39 is 11.7 Å². The molecule has 1 aliphatic rings. The highest BCUT2D eigenvalue weighted by molar-refractivity contribution is 5.98. The maximum atomic E-state index is 12.7. The van der Waals surface area contributed by atoms with E-state index in [2.05, 4.69) is 15.6 Å². The molecule has 2 aromatic carbocycles. The van der Waals surface area contributed by atoms with E-state index in [9.17, 15) is 18.0 Å². The van der Waals surface area contributed by atoms with Gasteiger partial charge in [-0.1, -0.05) is 30.3 Å². The van der Waals surface area contributed by atoms with Crippen LogP contribution in [-0.2, 0) is 23.9 Å². The summed E-state index contributed by atoms with van der Waals surface area (Å²) in [7, 11) is 1.57. The Morgan fingerprint density at radius 2 is 1.83 bits per heavy atom. The topological polar surface area (TPSA) is 56.7 Å². The van der Waals surface area contributed by atoms with Crippen molar-refractivity contribution >= 4 is 17.6 Å². The number of carbonyl (C=O) groups is 1. The van der Waals surface area contributed by atoms with Crippen molar-refractivity contribution < 1.29 is 18.0 Å². The predicted octanol–water partition coefficient (Wildman–Crippen LogP) is 3.35. The second kappa shape index (κ2) is 8.98. The van der Waals surface area contributed by atoms with Gasteiger partial charge in [-0.2, -0.15) is 13.2 Å². The fourth-order valence-electron chi connectivity index (χ4n) is 3.27. The molecule has 29 heavy (non-hydrogen) atoms. The van der Waals surface area contributed by atoms with Gasteiger partial charge in [-0.25, -0.2) is 0 Å². The molecular weight excluding hydrogens is 381 g/mol. The van der Waals surface area contributed by atoms with E-state index in [0.717, 1.165) is 36.2 Å². The molecule has 8 heteroatoms. The molecule has 1 aliphatic heterocycles. The first-order chi connectivity index (χ1) is 13.9. The van der Waals surface area contributed by atoms with Crippen molar-refractivity contribution in [1.82, 2.24) is 10.6 Å². The van der Waals surface area contributed by atoms with Crippen LogP contribution in [0.2, 0.25) is 0 Å². The summed E-state index contributed by atoms with van der Waals surface area (Å²) < 4.78 is 37.9. The van der Waals surface area contributed by atoms with Gasteiger partial charge in [0.15, 0.2) is 5.96 Å². The Morgan fingerprint density at radius 1 is 1.10 bits per heavy atom. The van der Waals surface area contributed by atoms with Gasteiger partial charge in [-0.3, -0.25) is 9.79 Å². The number of hydrogen-bond acceptors (Lipinski definition) is 2. The summed E-state index contributed by atoms with van der Waals surface area (Å²) in [5.41, 5.74) is 2.10. The third-order valence-electron chi connectivity index (χ3n) is 4.78. The number of guanidine groups is 1. The third kappa shape index (κ3) is 5.28. The van der Waals surface area contributed by atoms with E-state index in [1.54, 1.807) is 11.9 Å². The molecule has 1 amide bonds. The summed E-state index contributed by atoms with van der Waals surface area (Å²) in [6.45, 7) is 1.04. The van der Waals surface area contributed by atoms with E-state index in [0.29, 0.717) is 24.6 Å². The van der Waals surface area contributed by atoms with Crippen LogP contribution >= 0.6 is 0 Å². The SMILES string of the molecule is CN=C(NCC(=O)N1CCCc2ccccc21)NCc1ccc(C(F)(F)F)cc1. The Hall–Kier alpha value is -3.03. The first kappa shape index (κ1) is 20.7. The minimum Gasteiger partial charge on any atom is -0.352 e. The van der Waals surface area contributed by atoms with Crippen molar-refractivity contribution in [3.8, 4) is 0 Å². The average molecular weight is 404 g/mol. The number of alkyl halides is 3. The first-order valence-electron chi connectivity index (χ1n) is 9.37. The van der Waals surface area contributed by atoms with Crippen LogP contribution in [0.25, 0.3) is 0 Å². The molecule has 0 radical (unpaired) electrons. The van der Waals surface area contributed by atoms with Gasteiger partial charge in [0.1, 0.15) is 0 Å². The van der Waals surface area contributed by atoms with E-state index >= 15 is 0 Å². The normalized spacial score (nSPS) is 14.3. The minimum absolute atomic E-state index is 0.0605. The number of benzene rings is 2. The monoisotopic (exact) mass is 404 g/mol. The molecule has 154 valence electrons. The van der Waals surface area contributed by atoms with Crippen LogP contribution in [0.5, 0.6) is 0 Å². The number of nitrogens with zero attached hydrogens (tertiary/aromatic N) is 2. The molecule has 0 aliphatic carbocycles. The van der Waals surface area contributed by atoms with Crippen LogP contribution in [-0.4, -0.2) is 32.0 Å². The third-order valence-corrected chi connectivity index (χ3v) is 4.78. The Labute approximate surface area is 167 Å². The molecule has 0 bridgehead atoms. The zero-order valence-corrected chi connectivity index (χ0v) is 16.1. The van der Waals surface area contributed by atoms with E-state index in [1.165, 1.54) is 12.1 Å². The highest BCUT2D eigenvalue weighted by Crippen LogP contribution is 2.29. The number of fused-ring (bicyclic) bond motifs is 1. The highest BCUT2D eigenvalue weighted by atomic mass is 19.4. The smallest absolute Gasteiger partial charge is 0.352 e. The number of aryl methyl sites for hydroxylation is 1. The molecule has 2 N–H and O–H groups in total. The van der Waals surface area contributed by atoms with Crippen LogP contribution in [0.15, 0.2) is 53.5 Å². The van der Waals surface area contributed by atoms with Crippen LogP contribution in [0.3, 0.4) is 0 Å². The lowest BCUT2D eigenvalue weighted by Gasteiger charge is -2.29. The summed E-state index contributed by atoms with van der Waals surface area (Å²) in [5, 5.41) is 5.98. The number of halogens is 3. The molecule has 2 aromatic rings. The van der Waals surface area contributed by atoms with Crippen molar-refractivity contribution in [3.63, 3.8) is 0 Å². The standard InChI is InChI=1S/C21H23F3N4O/c1-25-20(26-13-15-8-10-17(11-9-15)21(22,23)24)27-14-19(29)28-12-4-6-16-5-2-3-7-18(16)28/h2-3,5,7-11H,4,6,12-14H2,1H3,(H2,25,26,27). The molecule has 0 atom stereocenters. The quantitative estimate of drug-likeness (QED) is 0.607. The van der Waals surface area contributed by atoms with Gasteiger partial charge in [0.2, 0.25) is 5.91 Å².